The van der Waals surface area contributed by atoms with Gasteiger partial charge in [0.05, 0.1) is 5.56 Å². The van der Waals surface area contributed by atoms with E-state index in [-0.39, 0.29) is 5.78 Å². The van der Waals surface area contributed by atoms with Crippen LogP contribution in [0, 0.1) is 0 Å². The highest BCUT2D eigenvalue weighted by Crippen LogP contribution is 2.27. The summed E-state index contributed by atoms with van der Waals surface area (Å²) in [6.45, 7) is 8.27. The molecule has 0 radical (unpaired) electrons. The number of Topliss-reactive ketones (excluding diaryl/α,β-unsaturated/α-hetero) is 1. The zero-order valence-electron chi connectivity index (χ0n) is 15.4. The van der Waals surface area contributed by atoms with Gasteiger partial charge in [-0.05, 0) is 49.0 Å². The van der Waals surface area contributed by atoms with Crippen LogP contribution in [0.15, 0.2) is 54.1 Å². The van der Waals surface area contributed by atoms with Crippen LogP contribution in [-0.2, 0) is 0 Å². The Hall–Kier alpha value is -2.59. The summed E-state index contributed by atoms with van der Waals surface area (Å²) in [5.74, 6) is 1.54. The molecule has 2 aromatic carbocycles. The van der Waals surface area contributed by atoms with Crippen molar-refractivity contribution in [2.24, 2.45) is 0 Å². The molecule has 0 aromatic heterocycles. The molecule has 2 aromatic rings. The molecule has 0 unspecified atom stereocenters. The van der Waals surface area contributed by atoms with Gasteiger partial charge in [0.15, 0.2) is 5.78 Å². The van der Waals surface area contributed by atoms with Crippen molar-refractivity contribution in [3.8, 4) is 11.5 Å². The Labute approximate surface area is 155 Å². The van der Waals surface area contributed by atoms with E-state index in [1.165, 1.54) is 0 Å². The Balaban J connectivity index is 1.62. The second-order valence-corrected chi connectivity index (χ2v) is 6.23. The molecule has 0 aliphatic carbocycles. The first-order chi connectivity index (χ1) is 12.7. The van der Waals surface area contributed by atoms with Crippen molar-refractivity contribution in [3.63, 3.8) is 0 Å². The third-order valence-corrected chi connectivity index (χ3v) is 4.60. The molecule has 1 heterocycles. The SMILES string of the molecule is CCN(CC)CCOc1ccc(/C=C2\COc3ccccc3C2=O)cc1. The summed E-state index contributed by atoms with van der Waals surface area (Å²) in [7, 11) is 0. The monoisotopic (exact) mass is 351 g/mol. The van der Waals surface area contributed by atoms with Gasteiger partial charge in [0, 0.05) is 12.1 Å². The predicted molar refractivity (Wildman–Crippen MR) is 104 cm³/mol. The third-order valence-electron chi connectivity index (χ3n) is 4.60. The predicted octanol–water partition coefficient (Wildman–Crippen LogP) is 4.07. The lowest BCUT2D eigenvalue weighted by Gasteiger charge is -2.18. The van der Waals surface area contributed by atoms with E-state index in [0.717, 1.165) is 30.9 Å². The van der Waals surface area contributed by atoms with Crippen LogP contribution >= 0.6 is 0 Å². The zero-order valence-corrected chi connectivity index (χ0v) is 15.4. The van der Waals surface area contributed by atoms with Gasteiger partial charge in [0.25, 0.3) is 0 Å². The molecule has 4 nitrogen and oxygen atoms in total. The van der Waals surface area contributed by atoms with Crippen molar-refractivity contribution < 1.29 is 14.3 Å². The van der Waals surface area contributed by atoms with Crippen molar-refractivity contribution in [1.29, 1.82) is 0 Å². The quantitative estimate of drug-likeness (QED) is 0.705. The lowest BCUT2D eigenvalue weighted by molar-refractivity contribution is 0.100. The van der Waals surface area contributed by atoms with Gasteiger partial charge >= 0.3 is 0 Å². The molecule has 4 heteroatoms. The number of benzene rings is 2. The number of carbonyl (C=O) groups excluding carboxylic acids is 1. The third kappa shape index (κ3) is 4.33. The molecule has 0 amide bonds. The fourth-order valence-electron chi connectivity index (χ4n) is 2.98. The van der Waals surface area contributed by atoms with Gasteiger partial charge in [-0.3, -0.25) is 4.79 Å². The largest absolute Gasteiger partial charge is 0.492 e. The van der Waals surface area contributed by atoms with E-state index in [1.54, 1.807) is 6.07 Å². The maximum absolute atomic E-state index is 12.6. The normalized spacial score (nSPS) is 15.0. The topological polar surface area (TPSA) is 38.8 Å². The number of para-hydroxylation sites is 1. The van der Waals surface area contributed by atoms with E-state index in [9.17, 15) is 4.79 Å². The lowest BCUT2D eigenvalue weighted by atomic mass is 9.98. The van der Waals surface area contributed by atoms with Gasteiger partial charge in [-0.1, -0.05) is 38.1 Å². The highest BCUT2D eigenvalue weighted by atomic mass is 16.5. The summed E-state index contributed by atoms with van der Waals surface area (Å²) < 4.78 is 11.5. The Bertz CT molecular complexity index is 776. The summed E-state index contributed by atoms with van der Waals surface area (Å²) in [5, 5.41) is 0. The first-order valence-corrected chi connectivity index (χ1v) is 9.13. The van der Waals surface area contributed by atoms with Crippen molar-refractivity contribution in [3.05, 3.63) is 65.2 Å². The molecule has 1 aliphatic rings. The maximum Gasteiger partial charge on any atom is 0.196 e. The first-order valence-electron chi connectivity index (χ1n) is 9.13. The van der Waals surface area contributed by atoms with Crippen LogP contribution in [0.1, 0.15) is 29.8 Å². The van der Waals surface area contributed by atoms with E-state index >= 15 is 0 Å². The van der Waals surface area contributed by atoms with Crippen molar-refractivity contribution >= 4 is 11.9 Å². The second kappa shape index (κ2) is 8.68. The van der Waals surface area contributed by atoms with Gasteiger partial charge in [-0.2, -0.15) is 0 Å². The molecule has 1 aliphatic heterocycles. The highest BCUT2D eigenvalue weighted by molar-refractivity contribution is 6.14. The fraction of sp³-hybridized carbons (Fsp3) is 0.318. The first kappa shape index (κ1) is 18.2. The summed E-state index contributed by atoms with van der Waals surface area (Å²) in [6.07, 6.45) is 1.89. The number of ether oxygens (including phenoxy) is 2. The molecular weight excluding hydrogens is 326 g/mol. The molecule has 3 rings (SSSR count). The minimum Gasteiger partial charge on any atom is -0.492 e. The van der Waals surface area contributed by atoms with E-state index in [2.05, 4.69) is 18.7 Å². The fourth-order valence-corrected chi connectivity index (χ4v) is 2.98. The molecule has 136 valence electrons. The molecule has 0 N–H and O–H groups in total. The smallest absolute Gasteiger partial charge is 0.196 e. The summed E-state index contributed by atoms with van der Waals surface area (Å²) in [5.41, 5.74) is 2.26. The second-order valence-electron chi connectivity index (χ2n) is 6.23. The molecule has 0 fully saturated rings. The Kier molecular flexibility index (Phi) is 6.08. The van der Waals surface area contributed by atoms with Gasteiger partial charge in [-0.15, -0.1) is 0 Å². The van der Waals surface area contributed by atoms with Crippen molar-refractivity contribution in [2.45, 2.75) is 13.8 Å². The summed E-state index contributed by atoms with van der Waals surface area (Å²) >= 11 is 0. The summed E-state index contributed by atoms with van der Waals surface area (Å²) in [6, 6.07) is 15.2. The average Bonchev–Trinajstić information content (AvgIpc) is 2.69. The van der Waals surface area contributed by atoms with Crippen LogP contribution in [0.3, 0.4) is 0 Å². The Morgan fingerprint density at radius 2 is 1.81 bits per heavy atom. The molecule has 0 bridgehead atoms. The van der Waals surface area contributed by atoms with E-state index in [0.29, 0.717) is 30.1 Å². The molecule has 0 saturated carbocycles. The zero-order chi connectivity index (χ0) is 18.4. The minimum atomic E-state index is 0.0337. The van der Waals surface area contributed by atoms with E-state index < -0.39 is 0 Å². The Morgan fingerprint density at radius 1 is 1.08 bits per heavy atom. The van der Waals surface area contributed by atoms with E-state index in [4.69, 9.17) is 9.47 Å². The van der Waals surface area contributed by atoms with Crippen LogP contribution in [0.4, 0.5) is 0 Å². The number of hydrogen-bond donors (Lipinski definition) is 0. The number of likely N-dealkylation sites (N-methyl/N-ethyl adjacent to an activating group) is 1. The van der Waals surface area contributed by atoms with Crippen LogP contribution in [0.5, 0.6) is 11.5 Å². The number of nitrogens with zero attached hydrogens (tertiary/aromatic N) is 1. The highest BCUT2D eigenvalue weighted by Gasteiger charge is 2.22. The number of ketones is 1. The Morgan fingerprint density at radius 3 is 2.54 bits per heavy atom. The van der Waals surface area contributed by atoms with Gasteiger partial charge < -0.3 is 14.4 Å². The number of hydrogen-bond acceptors (Lipinski definition) is 4. The number of rotatable bonds is 7. The van der Waals surface area contributed by atoms with Crippen molar-refractivity contribution in [1.82, 2.24) is 4.90 Å². The maximum atomic E-state index is 12.6. The standard InChI is InChI=1S/C22H25NO3/c1-3-23(4-2)13-14-25-19-11-9-17(10-12-19)15-18-16-26-21-8-6-5-7-20(21)22(18)24/h5-12,15H,3-4,13-14,16H2,1-2H3/b18-15+. The summed E-state index contributed by atoms with van der Waals surface area (Å²) in [4.78, 5) is 14.9. The van der Waals surface area contributed by atoms with Gasteiger partial charge in [0.2, 0.25) is 0 Å². The molecule has 0 atom stereocenters. The van der Waals surface area contributed by atoms with Crippen LogP contribution in [0.2, 0.25) is 0 Å². The van der Waals surface area contributed by atoms with Crippen LogP contribution < -0.4 is 9.47 Å². The number of carbonyl (C=O) groups is 1. The average molecular weight is 351 g/mol. The van der Waals surface area contributed by atoms with Crippen LogP contribution in [0.25, 0.3) is 6.08 Å². The van der Waals surface area contributed by atoms with Gasteiger partial charge in [0.1, 0.15) is 24.7 Å². The molecule has 0 spiro atoms. The lowest BCUT2D eigenvalue weighted by Crippen LogP contribution is -2.27. The minimum absolute atomic E-state index is 0.0337. The van der Waals surface area contributed by atoms with Gasteiger partial charge in [-0.25, -0.2) is 0 Å². The van der Waals surface area contributed by atoms with E-state index in [1.807, 2.05) is 48.5 Å². The molecular formula is C22H25NO3. The van der Waals surface area contributed by atoms with Crippen molar-refractivity contribution in [2.75, 3.05) is 32.8 Å². The molecule has 0 saturated heterocycles. The number of fused-ring (bicyclic) bond motifs is 1. The van der Waals surface area contributed by atoms with Crippen LogP contribution in [-0.4, -0.2) is 43.5 Å². The molecule has 26 heavy (non-hydrogen) atoms.